The van der Waals surface area contributed by atoms with Crippen LogP contribution in [0.4, 0.5) is 0 Å². The molecular formula is C16H12N4O. The van der Waals surface area contributed by atoms with E-state index >= 15 is 0 Å². The number of hydrogen-bond donors (Lipinski definition) is 1. The van der Waals surface area contributed by atoms with Gasteiger partial charge in [0.25, 0.3) is 5.91 Å². The molecule has 0 atom stereocenters. The molecule has 1 amide bonds. The number of carbonyl (C=O) groups is 1. The van der Waals surface area contributed by atoms with Gasteiger partial charge in [0.05, 0.1) is 11.7 Å². The number of benzene rings is 1. The minimum absolute atomic E-state index is 0.271. The molecule has 0 radical (unpaired) electrons. The molecule has 102 valence electrons. The lowest BCUT2D eigenvalue weighted by Gasteiger charge is -2.01. The predicted octanol–water partition coefficient (Wildman–Crippen LogP) is 2.39. The Balaban J connectivity index is 1.78. The predicted molar refractivity (Wildman–Crippen MR) is 81.0 cm³/mol. The molecule has 0 fully saturated rings. The van der Waals surface area contributed by atoms with Crippen molar-refractivity contribution in [1.29, 1.82) is 0 Å². The topological polar surface area (TPSA) is 67.2 Å². The summed E-state index contributed by atoms with van der Waals surface area (Å²) in [5.74, 6) is -0.271. The third-order valence-corrected chi connectivity index (χ3v) is 3.00. The van der Waals surface area contributed by atoms with Crippen molar-refractivity contribution in [3.63, 3.8) is 0 Å². The van der Waals surface area contributed by atoms with Crippen LogP contribution < -0.4 is 5.43 Å². The van der Waals surface area contributed by atoms with Gasteiger partial charge in [-0.25, -0.2) is 5.43 Å². The van der Waals surface area contributed by atoms with Crippen LogP contribution in [-0.2, 0) is 0 Å². The minimum Gasteiger partial charge on any atom is -0.267 e. The summed E-state index contributed by atoms with van der Waals surface area (Å²) in [6.45, 7) is 0. The number of aromatic nitrogens is 2. The summed E-state index contributed by atoms with van der Waals surface area (Å²) >= 11 is 0. The second kappa shape index (κ2) is 5.92. The fraction of sp³-hybridized carbons (Fsp3) is 0. The molecule has 0 saturated carbocycles. The zero-order valence-corrected chi connectivity index (χ0v) is 11.1. The van der Waals surface area contributed by atoms with Gasteiger partial charge in [0.15, 0.2) is 0 Å². The quantitative estimate of drug-likeness (QED) is 0.590. The zero-order chi connectivity index (χ0) is 14.5. The zero-order valence-electron chi connectivity index (χ0n) is 11.1. The standard InChI is InChI=1S/C16H12N4O/c21-16(12-5-8-17-9-6-12)20-19-11-13-7-10-18-15-4-2-1-3-14(13)15/h1-11H,(H,20,21)/b19-11+. The van der Waals surface area contributed by atoms with E-state index in [2.05, 4.69) is 20.5 Å². The lowest BCUT2D eigenvalue weighted by atomic mass is 10.1. The monoisotopic (exact) mass is 276 g/mol. The number of carbonyl (C=O) groups excluding carboxylic acids is 1. The van der Waals surface area contributed by atoms with Crippen LogP contribution in [0, 0.1) is 0 Å². The van der Waals surface area contributed by atoms with Gasteiger partial charge in [-0.05, 0) is 24.3 Å². The molecule has 1 aromatic carbocycles. The molecule has 1 N–H and O–H groups in total. The number of nitrogens with one attached hydrogen (secondary N) is 1. The number of rotatable bonds is 3. The molecule has 2 aromatic heterocycles. The number of hydrazone groups is 1. The number of hydrogen-bond acceptors (Lipinski definition) is 4. The summed E-state index contributed by atoms with van der Waals surface area (Å²) in [6, 6.07) is 12.9. The van der Waals surface area contributed by atoms with Gasteiger partial charge in [-0.2, -0.15) is 5.10 Å². The first-order valence-corrected chi connectivity index (χ1v) is 6.42. The van der Waals surface area contributed by atoms with E-state index in [0.717, 1.165) is 16.5 Å². The number of nitrogens with zero attached hydrogens (tertiary/aromatic N) is 3. The Morgan fingerprint density at radius 2 is 1.86 bits per heavy atom. The number of pyridine rings is 2. The van der Waals surface area contributed by atoms with Gasteiger partial charge in [-0.1, -0.05) is 18.2 Å². The van der Waals surface area contributed by atoms with Crippen LogP contribution >= 0.6 is 0 Å². The largest absolute Gasteiger partial charge is 0.271 e. The molecular weight excluding hydrogens is 264 g/mol. The molecule has 5 heteroatoms. The summed E-state index contributed by atoms with van der Waals surface area (Å²) in [5, 5.41) is 4.98. The first kappa shape index (κ1) is 12.9. The van der Waals surface area contributed by atoms with E-state index in [1.54, 1.807) is 36.9 Å². The Hall–Kier alpha value is -3.08. The summed E-state index contributed by atoms with van der Waals surface area (Å²) in [4.78, 5) is 20.0. The molecule has 5 nitrogen and oxygen atoms in total. The van der Waals surface area contributed by atoms with Gasteiger partial charge in [-0.15, -0.1) is 0 Å². The van der Waals surface area contributed by atoms with Gasteiger partial charge in [0.2, 0.25) is 0 Å². The van der Waals surface area contributed by atoms with Crippen molar-refractivity contribution in [3.8, 4) is 0 Å². The van der Waals surface area contributed by atoms with Gasteiger partial charge < -0.3 is 0 Å². The smallest absolute Gasteiger partial charge is 0.267 e. The van der Waals surface area contributed by atoms with Crippen LogP contribution in [0.1, 0.15) is 15.9 Å². The molecule has 21 heavy (non-hydrogen) atoms. The van der Waals surface area contributed by atoms with Crippen molar-refractivity contribution in [3.05, 3.63) is 72.2 Å². The molecule has 0 aliphatic heterocycles. The average molecular weight is 276 g/mol. The Bertz CT molecular complexity index is 794. The highest BCUT2D eigenvalue weighted by Crippen LogP contribution is 2.14. The molecule has 0 spiro atoms. The van der Waals surface area contributed by atoms with Crippen molar-refractivity contribution >= 4 is 23.0 Å². The Morgan fingerprint density at radius 1 is 1.05 bits per heavy atom. The molecule has 0 unspecified atom stereocenters. The fourth-order valence-electron chi connectivity index (χ4n) is 1.96. The van der Waals surface area contributed by atoms with Crippen molar-refractivity contribution in [2.75, 3.05) is 0 Å². The van der Waals surface area contributed by atoms with E-state index in [0.29, 0.717) is 5.56 Å². The lowest BCUT2D eigenvalue weighted by molar-refractivity contribution is 0.0955. The van der Waals surface area contributed by atoms with E-state index in [9.17, 15) is 4.79 Å². The molecule has 2 heterocycles. The highest BCUT2D eigenvalue weighted by atomic mass is 16.2. The average Bonchev–Trinajstić information content (AvgIpc) is 2.56. The van der Waals surface area contributed by atoms with Crippen LogP contribution in [0.3, 0.4) is 0 Å². The molecule has 0 aliphatic rings. The van der Waals surface area contributed by atoms with Crippen molar-refractivity contribution in [1.82, 2.24) is 15.4 Å². The maximum Gasteiger partial charge on any atom is 0.271 e. The maximum absolute atomic E-state index is 11.8. The van der Waals surface area contributed by atoms with Crippen LogP contribution in [0.2, 0.25) is 0 Å². The van der Waals surface area contributed by atoms with Gasteiger partial charge in [-0.3, -0.25) is 14.8 Å². The fourth-order valence-corrected chi connectivity index (χ4v) is 1.96. The molecule has 0 aliphatic carbocycles. The van der Waals surface area contributed by atoms with Gasteiger partial charge in [0, 0.05) is 35.1 Å². The van der Waals surface area contributed by atoms with Crippen molar-refractivity contribution in [2.45, 2.75) is 0 Å². The van der Waals surface area contributed by atoms with Crippen LogP contribution in [0.25, 0.3) is 10.9 Å². The SMILES string of the molecule is O=C(N/N=C/c1ccnc2ccccc12)c1ccncc1. The van der Waals surface area contributed by atoms with Crippen LogP contribution in [0.15, 0.2) is 66.2 Å². The summed E-state index contributed by atoms with van der Waals surface area (Å²) in [5.41, 5.74) is 4.80. The Labute approximate surface area is 121 Å². The first-order valence-electron chi connectivity index (χ1n) is 6.42. The molecule has 0 bridgehead atoms. The number of para-hydroxylation sites is 1. The Kier molecular flexibility index (Phi) is 3.64. The first-order chi connectivity index (χ1) is 10.3. The van der Waals surface area contributed by atoms with E-state index in [-0.39, 0.29) is 5.91 Å². The Morgan fingerprint density at radius 3 is 2.71 bits per heavy atom. The summed E-state index contributed by atoms with van der Waals surface area (Å²) in [7, 11) is 0. The van der Waals surface area contributed by atoms with E-state index in [1.807, 2.05) is 30.3 Å². The van der Waals surface area contributed by atoms with Crippen LogP contribution in [-0.4, -0.2) is 22.1 Å². The highest BCUT2D eigenvalue weighted by Gasteiger charge is 2.02. The lowest BCUT2D eigenvalue weighted by Crippen LogP contribution is -2.17. The van der Waals surface area contributed by atoms with E-state index in [4.69, 9.17) is 0 Å². The van der Waals surface area contributed by atoms with Gasteiger partial charge >= 0.3 is 0 Å². The second-order valence-corrected chi connectivity index (χ2v) is 4.35. The number of fused-ring (bicyclic) bond motifs is 1. The van der Waals surface area contributed by atoms with Crippen molar-refractivity contribution < 1.29 is 4.79 Å². The molecule has 3 rings (SSSR count). The van der Waals surface area contributed by atoms with E-state index < -0.39 is 0 Å². The number of amides is 1. The summed E-state index contributed by atoms with van der Waals surface area (Å²) < 4.78 is 0. The summed E-state index contributed by atoms with van der Waals surface area (Å²) in [6.07, 6.45) is 6.46. The molecule has 0 saturated heterocycles. The third-order valence-electron chi connectivity index (χ3n) is 3.00. The van der Waals surface area contributed by atoms with Crippen LogP contribution in [0.5, 0.6) is 0 Å². The normalized spacial score (nSPS) is 10.9. The maximum atomic E-state index is 11.8. The van der Waals surface area contributed by atoms with Gasteiger partial charge in [0.1, 0.15) is 0 Å². The highest BCUT2D eigenvalue weighted by molar-refractivity contribution is 5.99. The second-order valence-electron chi connectivity index (χ2n) is 4.35. The third kappa shape index (κ3) is 2.92. The molecule has 3 aromatic rings. The van der Waals surface area contributed by atoms with Crippen molar-refractivity contribution in [2.24, 2.45) is 5.10 Å². The minimum atomic E-state index is -0.271. The van der Waals surface area contributed by atoms with E-state index in [1.165, 1.54) is 0 Å².